The van der Waals surface area contributed by atoms with Crippen LogP contribution in [0.1, 0.15) is 71.6 Å². The van der Waals surface area contributed by atoms with Gasteiger partial charge < -0.3 is 9.47 Å². The van der Waals surface area contributed by atoms with Gasteiger partial charge in [0.1, 0.15) is 5.78 Å². The Morgan fingerprint density at radius 1 is 1.04 bits per heavy atom. The van der Waals surface area contributed by atoms with Crippen LogP contribution < -0.4 is 0 Å². The lowest BCUT2D eigenvalue weighted by Crippen LogP contribution is -2.53. The van der Waals surface area contributed by atoms with Crippen molar-refractivity contribution in [2.45, 2.75) is 84.0 Å². The summed E-state index contributed by atoms with van der Waals surface area (Å²) in [5.41, 5.74) is 1.15. The lowest BCUT2D eigenvalue weighted by atomic mass is 9.48. The predicted octanol–water partition coefficient (Wildman–Crippen LogP) is 4.22. The third-order valence-electron chi connectivity index (χ3n) is 8.84. The minimum absolute atomic E-state index is 0.0492. The van der Waals surface area contributed by atoms with Crippen LogP contribution in [0, 0.1) is 28.6 Å². The van der Waals surface area contributed by atoms with Crippen molar-refractivity contribution in [3.63, 3.8) is 0 Å². The van der Waals surface area contributed by atoms with Gasteiger partial charge in [0.2, 0.25) is 0 Å². The molecule has 1 saturated heterocycles. The molecule has 0 spiro atoms. The topological polar surface area (TPSA) is 52.6 Å². The average molecular weight is 373 g/mol. The highest BCUT2D eigenvalue weighted by Gasteiger charge is 2.61. The Balaban J connectivity index is 1.40. The van der Waals surface area contributed by atoms with E-state index in [-0.39, 0.29) is 40.8 Å². The number of carbonyl (C=O) groups is 2. The van der Waals surface area contributed by atoms with E-state index in [0.717, 1.165) is 58.0 Å². The summed E-state index contributed by atoms with van der Waals surface area (Å²) in [6.07, 6.45) is 10.7. The van der Waals surface area contributed by atoms with Crippen molar-refractivity contribution in [1.82, 2.24) is 0 Å². The highest BCUT2D eigenvalue weighted by Crippen LogP contribution is 2.63. The van der Waals surface area contributed by atoms with E-state index in [9.17, 15) is 9.59 Å². The van der Waals surface area contributed by atoms with Crippen molar-refractivity contribution in [1.29, 1.82) is 0 Å². The summed E-state index contributed by atoms with van der Waals surface area (Å²) < 4.78 is 11.8. The Labute approximate surface area is 162 Å². The SMILES string of the molecule is C[C@]12CC[C@H](OC3CCCO3)CC1=CC(=O)[C@@H]1[C@@H]2CC[C@]2(C)C(=O)CC[C@@H]12. The lowest BCUT2D eigenvalue weighted by Gasteiger charge is -2.56. The maximum absolute atomic E-state index is 13.2. The van der Waals surface area contributed by atoms with Crippen LogP contribution in [0.2, 0.25) is 0 Å². The van der Waals surface area contributed by atoms with Crippen LogP contribution in [0.25, 0.3) is 0 Å². The Bertz CT molecular complexity index is 690. The van der Waals surface area contributed by atoms with Crippen LogP contribution in [0.4, 0.5) is 0 Å². The molecule has 4 nitrogen and oxygen atoms in total. The number of fused-ring (bicyclic) bond motifs is 5. The van der Waals surface area contributed by atoms with Gasteiger partial charge in [0.25, 0.3) is 0 Å². The Morgan fingerprint density at radius 3 is 2.59 bits per heavy atom. The third-order valence-corrected chi connectivity index (χ3v) is 8.84. The van der Waals surface area contributed by atoms with Gasteiger partial charge in [-0.2, -0.15) is 0 Å². The van der Waals surface area contributed by atoms with Gasteiger partial charge in [-0.3, -0.25) is 9.59 Å². The molecule has 0 radical (unpaired) electrons. The normalized spacial score (nSPS) is 49.4. The van der Waals surface area contributed by atoms with E-state index < -0.39 is 0 Å². The van der Waals surface area contributed by atoms with Crippen molar-refractivity contribution in [3.8, 4) is 0 Å². The molecular weight excluding hydrogens is 340 g/mol. The first-order valence-electron chi connectivity index (χ1n) is 11.0. The van der Waals surface area contributed by atoms with E-state index in [0.29, 0.717) is 18.1 Å². The molecule has 1 heterocycles. The third kappa shape index (κ3) is 2.62. The number of carbonyl (C=O) groups excluding carboxylic acids is 2. The number of ether oxygens (including phenoxy) is 2. The Kier molecular flexibility index (Phi) is 4.18. The van der Waals surface area contributed by atoms with E-state index in [1.54, 1.807) is 0 Å². The smallest absolute Gasteiger partial charge is 0.159 e. The second kappa shape index (κ2) is 6.25. The molecule has 0 bridgehead atoms. The fourth-order valence-electron chi connectivity index (χ4n) is 7.13. The van der Waals surface area contributed by atoms with E-state index in [4.69, 9.17) is 9.47 Å². The molecule has 4 heteroatoms. The molecule has 4 fully saturated rings. The van der Waals surface area contributed by atoms with Gasteiger partial charge in [0, 0.05) is 30.8 Å². The van der Waals surface area contributed by atoms with Crippen molar-refractivity contribution in [2.24, 2.45) is 28.6 Å². The summed E-state index contributed by atoms with van der Waals surface area (Å²) in [5.74, 6) is 1.40. The number of hydrogen-bond acceptors (Lipinski definition) is 4. The van der Waals surface area contributed by atoms with Crippen molar-refractivity contribution >= 4 is 11.6 Å². The minimum Gasteiger partial charge on any atom is -0.353 e. The van der Waals surface area contributed by atoms with Crippen LogP contribution in [0.15, 0.2) is 11.6 Å². The zero-order valence-electron chi connectivity index (χ0n) is 16.7. The highest BCUT2D eigenvalue weighted by atomic mass is 16.7. The standard InChI is InChI=1S/C23H32O4/c1-22-9-7-15(27-20-4-3-11-26-20)12-14(22)13-18(24)21-16-5-6-19(25)23(16,2)10-8-17(21)22/h13,15-17,20-21H,3-12H2,1-2H3/t15-,16-,17-,20?,21-,22-,23-/m0/s1. The molecule has 7 atom stereocenters. The van der Waals surface area contributed by atoms with Crippen LogP contribution in [-0.2, 0) is 19.1 Å². The first kappa shape index (κ1) is 18.1. The molecule has 5 rings (SSSR count). The summed E-state index contributed by atoms with van der Waals surface area (Å²) >= 11 is 0. The van der Waals surface area contributed by atoms with Crippen molar-refractivity contribution < 1.29 is 19.1 Å². The molecular formula is C23H32O4. The Hall–Kier alpha value is -1.00. The molecule has 4 aliphatic carbocycles. The summed E-state index contributed by atoms with van der Waals surface area (Å²) in [7, 11) is 0. The van der Waals surface area contributed by atoms with Gasteiger partial charge in [-0.1, -0.05) is 19.4 Å². The van der Waals surface area contributed by atoms with E-state index in [1.807, 2.05) is 6.08 Å². The fraction of sp³-hybridized carbons (Fsp3) is 0.826. The molecule has 0 aromatic heterocycles. The Morgan fingerprint density at radius 2 is 1.81 bits per heavy atom. The maximum atomic E-state index is 13.2. The van der Waals surface area contributed by atoms with Gasteiger partial charge in [-0.15, -0.1) is 0 Å². The van der Waals surface area contributed by atoms with Gasteiger partial charge in [-0.05, 0) is 68.3 Å². The summed E-state index contributed by atoms with van der Waals surface area (Å²) in [4.78, 5) is 25.7. The molecule has 1 unspecified atom stereocenters. The largest absolute Gasteiger partial charge is 0.353 e. The molecule has 5 aliphatic rings. The highest BCUT2D eigenvalue weighted by molar-refractivity contribution is 5.96. The van der Waals surface area contributed by atoms with Crippen molar-refractivity contribution in [2.75, 3.05) is 6.61 Å². The molecule has 1 aliphatic heterocycles. The van der Waals surface area contributed by atoms with Crippen LogP contribution >= 0.6 is 0 Å². The van der Waals surface area contributed by atoms with E-state index in [2.05, 4.69) is 13.8 Å². The van der Waals surface area contributed by atoms with Gasteiger partial charge in [-0.25, -0.2) is 0 Å². The second-order valence-corrected chi connectivity index (χ2v) is 10.1. The average Bonchev–Trinajstić information content (AvgIpc) is 3.25. The maximum Gasteiger partial charge on any atom is 0.159 e. The molecule has 0 N–H and O–H groups in total. The summed E-state index contributed by atoms with van der Waals surface area (Å²) in [6, 6.07) is 0. The second-order valence-electron chi connectivity index (χ2n) is 10.1. The van der Waals surface area contributed by atoms with Crippen LogP contribution in [0.5, 0.6) is 0 Å². The molecule has 0 aromatic rings. The number of hydrogen-bond donors (Lipinski definition) is 0. The van der Waals surface area contributed by atoms with Crippen LogP contribution in [-0.4, -0.2) is 30.6 Å². The van der Waals surface area contributed by atoms with Gasteiger partial charge in [0.15, 0.2) is 12.1 Å². The molecule has 0 amide bonds. The molecule has 0 aromatic carbocycles. The monoisotopic (exact) mass is 372 g/mol. The lowest BCUT2D eigenvalue weighted by molar-refractivity contribution is -0.157. The first-order valence-corrected chi connectivity index (χ1v) is 11.0. The molecule has 3 saturated carbocycles. The quantitative estimate of drug-likeness (QED) is 0.728. The number of ketones is 2. The van der Waals surface area contributed by atoms with E-state index in [1.165, 1.54) is 5.57 Å². The summed E-state index contributed by atoms with van der Waals surface area (Å²) in [6.45, 7) is 5.31. The molecule has 148 valence electrons. The number of allylic oxidation sites excluding steroid dienone is 1. The zero-order valence-corrected chi connectivity index (χ0v) is 16.7. The van der Waals surface area contributed by atoms with Crippen molar-refractivity contribution in [3.05, 3.63) is 11.6 Å². The summed E-state index contributed by atoms with van der Waals surface area (Å²) in [5, 5.41) is 0. The minimum atomic E-state index is -0.251. The predicted molar refractivity (Wildman–Crippen MR) is 101 cm³/mol. The van der Waals surface area contributed by atoms with E-state index >= 15 is 0 Å². The zero-order chi connectivity index (χ0) is 18.8. The van der Waals surface area contributed by atoms with Gasteiger partial charge >= 0.3 is 0 Å². The fourth-order valence-corrected chi connectivity index (χ4v) is 7.13. The first-order chi connectivity index (χ1) is 12.9. The molecule has 27 heavy (non-hydrogen) atoms. The van der Waals surface area contributed by atoms with Gasteiger partial charge in [0.05, 0.1) is 6.10 Å². The number of rotatable bonds is 2. The number of Topliss-reactive ketones (excluding diaryl/α,β-unsaturated/α-hetero) is 1. The van der Waals surface area contributed by atoms with Crippen LogP contribution in [0.3, 0.4) is 0 Å².